The number of ether oxygens (including phenoxy) is 1. The first kappa shape index (κ1) is 26.8. The molecule has 0 bridgehead atoms. The highest BCUT2D eigenvalue weighted by Crippen LogP contribution is 2.38. The highest BCUT2D eigenvalue weighted by Gasteiger charge is 2.34. The van der Waals surface area contributed by atoms with E-state index in [-0.39, 0.29) is 5.91 Å². The van der Waals surface area contributed by atoms with Gasteiger partial charge in [-0.1, -0.05) is 72.8 Å². The second kappa shape index (κ2) is 11.6. The number of carbonyl (C=O) groups is 1. The number of allylic oxidation sites excluding steroid dienone is 1. The molecular formula is C30H30ClN5O2S. The Bertz CT molecular complexity index is 1560. The summed E-state index contributed by atoms with van der Waals surface area (Å²) < 4.78 is 7.91. The molecule has 1 aromatic heterocycles. The van der Waals surface area contributed by atoms with Crippen LogP contribution >= 0.6 is 23.4 Å². The van der Waals surface area contributed by atoms with Gasteiger partial charge in [-0.15, -0.1) is 5.10 Å². The zero-order chi connectivity index (χ0) is 27.5. The number of benzene rings is 3. The standard InChI is InChI=1S/C30H30ClN5O2S/c1-5-39-30-34-29-32-20(4)26(28(37)33-25-15-8-10-18(2)19(25)3)27(36(29)35-30)21-12-9-13-23(16-21)38-17-22-11-6-7-14-24(22)31/h6-16,27H,5,17H2,1-4H3,(H,33,37)(H,32,34,35). The Morgan fingerprint density at radius 2 is 1.90 bits per heavy atom. The average Bonchev–Trinajstić information content (AvgIpc) is 3.32. The van der Waals surface area contributed by atoms with Crippen LogP contribution < -0.4 is 15.4 Å². The molecule has 1 amide bonds. The normalized spacial score (nSPS) is 14.5. The maximum Gasteiger partial charge on any atom is 0.255 e. The van der Waals surface area contributed by atoms with Gasteiger partial charge in [0.15, 0.2) is 0 Å². The Hall–Kier alpha value is -3.75. The molecule has 0 fully saturated rings. The molecule has 2 N–H and O–H groups in total. The Morgan fingerprint density at radius 1 is 1.10 bits per heavy atom. The minimum Gasteiger partial charge on any atom is -0.489 e. The minimum atomic E-state index is -0.506. The predicted octanol–water partition coefficient (Wildman–Crippen LogP) is 7.17. The van der Waals surface area contributed by atoms with Gasteiger partial charge in [0.1, 0.15) is 18.4 Å². The molecule has 0 aliphatic carbocycles. The number of amides is 1. The first-order chi connectivity index (χ1) is 18.9. The Kier molecular flexibility index (Phi) is 7.95. The van der Waals surface area contributed by atoms with Gasteiger partial charge in [0.05, 0.1) is 5.57 Å². The maximum atomic E-state index is 13.9. The predicted molar refractivity (Wildman–Crippen MR) is 158 cm³/mol. The lowest BCUT2D eigenvalue weighted by Crippen LogP contribution is -2.31. The van der Waals surface area contributed by atoms with Gasteiger partial charge in [-0.3, -0.25) is 4.79 Å². The van der Waals surface area contributed by atoms with E-state index in [9.17, 15) is 4.79 Å². The largest absolute Gasteiger partial charge is 0.489 e. The number of aromatic nitrogens is 3. The molecule has 5 rings (SSSR count). The first-order valence-corrected chi connectivity index (χ1v) is 14.1. The second-order valence-electron chi connectivity index (χ2n) is 9.32. The number of rotatable bonds is 8. The fourth-order valence-corrected chi connectivity index (χ4v) is 5.30. The molecule has 2 heterocycles. The molecule has 1 aliphatic heterocycles. The van der Waals surface area contributed by atoms with Crippen molar-refractivity contribution in [2.75, 3.05) is 16.4 Å². The van der Waals surface area contributed by atoms with E-state index in [2.05, 4.69) is 22.5 Å². The number of nitrogens with zero attached hydrogens (tertiary/aromatic N) is 3. The number of fused-ring (bicyclic) bond motifs is 1. The second-order valence-corrected chi connectivity index (χ2v) is 11.0. The Balaban J connectivity index is 1.52. The summed E-state index contributed by atoms with van der Waals surface area (Å²) in [6.45, 7) is 8.32. The fourth-order valence-electron chi connectivity index (χ4n) is 4.55. The average molecular weight is 560 g/mol. The van der Waals surface area contributed by atoms with Crippen LogP contribution in [0, 0.1) is 13.8 Å². The van der Waals surface area contributed by atoms with Gasteiger partial charge in [0, 0.05) is 22.0 Å². The Morgan fingerprint density at radius 3 is 2.69 bits per heavy atom. The van der Waals surface area contributed by atoms with Gasteiger partial charge < -0.3 is 15.4 Å². The molecule has 7 nitrogen and oxygen atoms in total. The van der Waals surface area contributed by atoms with Crippen LogP contribution in [0.3, 0.4) is 0 Å². The van der Waals surface area contributed by atoms with Crippen LogP contribution in [0.25, 0.3) is 0 Å². The maximum absolute atomic E-state index is 13.9. The first-order valence-electron chi connectivity index (χ1n) is 12.8. The minimum absolute atomic E-state index is 0.202. The number of carbonyl (C=O) groups excluding carboxylic acids is 1. The Labute approximate surface area is 237 Å². The van der Waals surface area contributed by atoms with Crippen LogP contribution in [0.1, 0.15) is 42.1 Å². The van der Waals surface area contributed by atoms with Crippen LogP contribution in [-0.4, -0.2) is 26.4 Å². The molecule has 39 heavy (non-hydrogen) atoms. The summed E-state index contributed by atoms with van der Waals surface area (Å²) in [5, 5.41) is 12.5. The van der Waals surface area contributed by atoms with Gasteiger partial charge in [0.25, 0.3) is 5.91 Å². The third-order valence-electron chi connectivity index (χ3n) is 6.73. The van der Waals surface area contributed by atoms with Crippen LogP contribution in [-0.2, 0) is 11.4 Å². The van der Waals surface area contributed by atoms with Crippen LogP contribution in [0.4, 0.5) is 11.6 Å². The third kappa shape index (κ3) is 5.67. The molecule has 3 aromatic carbocycles. The highest BCUT2D eigenvalue weighted by atomic mass is 35.5. The molecule has 0 saturated carbocycles. The molecule has 0 spiro atoms. The fraction of sp³-hybridized carbons (Fsp3) is 0.233. The number of nitrogens with one attached hydrogen (secondary N) is 2. The van der Waals surface area contributed by atoms with Gasteiger partial charge in [-0.2, -0.15) is 4.98 Å². The van der Waals surface area contributed by atoms with E-state index in [0.29, 0.717) is 34.1 Å². The van der Waals surface area contributed by atoms with Gasteiger partial charge in [-0.25, -0.2) is 4.68 Å². The van der Waals surface area contributed by atoms with Crippen LogP contribution in [0.2, 0.25) is 5.02 Å². The quantitative estimate of drug-likeness (QED) is 0.223. The van der Waals surface area contributed by atoms with Crippen molar-refractivity contribution >= 4 is 40.9 Å². The topological polar surface area (TPSA) is 81.1 Å². The summed E-state index contributed by atoms with van der Waals surface area (Å²) in [7, 11) is 0. The van der Waals surface area contributed by atoms with E-state index in [1.165, 1.54) is 0 Å². The van der Waals surface area contributed by atoms with E-state index >= 15 is 0 Å². The lowest BCUT2D eigenvalue weighted by atomic mass is 9.94. The van der Waals surface area contributed by atoms with Gasteiger partial charge >= 0.3 is 0 Å². The lowest BCUT2D eigenvalue weighted by molar-refractivity contribution is -0.113. The van der Waals surface area contributed by atoms with Gasteiger partial charge in [-0.05, 0) is 67.5 Å². The third-order valence-corrected chi connectivity index (χ3v) is 7.82. The monoisotopic (exact) mass is 559 g/mol. The van der Waals surface area contributed by atoms with Crippen molar-refractivity contribution in [2.24, 2.45) is 0 Å². The molecular weight excluding hydrogens is 530 g/mol. The van der Waals surface area contributed by atoms with Crippen molar-refractivity contribution in [2.45, 2.75) is 45.5 Å². The number of hydrogen-bond donors (Lipinski definition) is 2. The van der Waals surface area contributed by atoms with Crippen molar-refractivity contribution in [3.05, 3.63) is 105 Å². The van der Waals surface area contributed by atoms with Crippen molar-refractivity contribution in [3.8, 4) is 5.75 Å². The summed E-state index contributed by atoms with van der Waals surface area (Å²) in [4.78, 5) is 18.5. The smallest absolute Gasteiger partial charge is 0.255 e. The lowest BCUT2D eigenvalue weighted by Gasteiger charge is -2.29. The van der Waals surface area contributed by atoms with Gasteiger partial charge in [0.2, 0.25) is 11.1 Å². The summed E-state index contributed by atoms with van der Waals surface area (Å²) in [5.41, 5.74) is 5.96. The molecule has 4 aromatic rings. The number of hydrogen-bond acceptors (Lipinski definition) is 6. The van der Waals surface area contributed by atoms with Crippen molar-refractivity contribution in [1.29, 1.82) is 0 Å². The van der Waals surface area contributed by atoms with Crippen molar-refractivity contribution in [1.82, 2.24) is 14.8 Å². The summed E-state index contributed by atoms with van der Waals surface area (Å²) in [6.07, 6.45) is 0. The van der Waals surface area contributed by atoms with E-state index in [1.54, 1.807) is 16.4 Å². The molecule has 0 saturated heterocycles. The molecule has 1 unspecified atom stereocenters. The molecule has 200 valence electrons. The molecule has 0 radical (unpaired) electrons. The number of halogens is 1. The number of thioether (sulfide) groups is 1. The van der Waals surface area contributed by atoms with Crippen LogP contribution in [0.5, 0.6) is 5.75 Å². The number of anilines is 2. The molecule has 9 heteroatoms. The SMILES string of the molecule is CCSc1nc2n(n1)C(c1cccc(OCc3ccccc3Cl)c1)C(C(=O)Nc1cccc(C)c1C)=C(C)N2. The zero-order valence-electron chi connectivity index (χ0n) is 22.3. The highest BCUT2D eigenvalue weighted by molar-refractivity contribution is 7.99. The molecule has 1 atom stereocenters. The summed E-state index contributed by atoms with van der Waals surface area (Å²) >= 11 is 7.88. The molecule has 1 aliphatic rings. The number of aryl methyl sites for hydroxylation is 1. The van der Waals surface area contributed by atoms with E-state index in [4.69, 9.17) is 21.4 Å². The van der Waals surface area contributed by atoms with E-state index < -0.39 is 6.04 Å². The zero-order valence-corrected chi connectivity index (χ0v) is 23.9. The summed E-state index contributed by atoms with van der Waals surface area (Å²) in [5.74, 6) is 1.90. The summed E-state index contributed by atoms with van der Waals surface area (Å²) in [6, 6.07) is 20.7. The van der Waals surface area contributed by atoms with Crippen LogP contribution in [0.15, 0.2) is 83.2 Å². The van der Waals surface area contributed by atoms with E-state index in [1.807, 2.05) is 87.5 Å². The van der Waals surface area contributed by atoms with E-state index in [0.717, 1.165) is 39.4 Å². The van der Waals surface area contributed by atoms with Crippen molar-refractivity contribution < 1.29 is 9.53 Å². The van der Waals surface area contributed by atoms with Crippen molar-refractivity contribution in [3.63, 3.8) is 0 Å².